The number of ether oxygens (including phenoxy) is 3. The van der Waals surface area contributed by atoms with Crippen LogP contribution in [0.1, 0.15) is 54.4 Å². The van der Waals surface area contributed by atoms with Crippen molar-refractivity contribution in [2.45, 2.75) is 77.2 Å². The average Bonchev–Trinajstić information content (AvgIpc) is 2.09. The van der Waals surface area contributed by atoms with Gasteiger partial charge in [0.15, 0.2) is 11.6 Å². The molecule has 3 saturated heterocycles. The van der Waals surface area contributed by atoms with Crippen LogP contribution in [-0.2, 0) is 14.2 Å². The lowest BCUT2D eigenvalue weighted by molar-refractivity contribution is -0.430. The van der Waals surface area contributed by atoms with Crippen LogP contribution in [0.4, 0.5) is 0 Å². The van der Waals surface area contributed by atoms with Crippen molar-refractivity contribution in [3.8, 4) is 0 Å². The van der Waals surface area contributed by atoms with Crippen molar-refractivity contribution in [1.82, 2.24) is 0 Å². The Labute approximate surface area is 97.4 Å². The molecule has 0 N–H and O–H groups in total. The molecule has 3 heterocycles. The Hall–Kier alpha value is -0.120. The van der Waals surface area contributed by atoms with Crippen molar-refractivity contribution in [2.75, 3.05) is 0 Å². The third-order valence-corrected chi connectivity index (χ3v) is 4.72. The van der Waals surface area contributed by atoms with E-state index in [0.717, 1.165) is 12.8 Å². The van der Waals surface area contributed by atoms with Crippen LogP contribution >= 0.6 is 0 Å². The first kappa shape index (κ1) is 11.0. The van der Waals surface area contributed by atoms with Crippen LogP contribution in [0, 0.1) is 5.41 Å². The molecule has 3 rings (SSSR count). The minimum atomic E-state index is -0.482. The zero-order valence-corrected chi connectivity index (χ0v) is 11.1. The van der Waals surface area contributed by atoms with Crippen molar-refractivity contribution >= 4 is 0 Å². The van der Waals surface area contributed by atoms with Gasteiger partial charge >= 0.3 is 0 Å². The van der Waals surface area contributed by atoms with Crippen molar-refractivity contribution in [3.05, 3.63) is 0 Å². The van der Waals surface area contributed by atoms with Crippen LogP contribution < -0.4 is 0 Å². The monoisotopic (exact) mass is 226 g/mol. The molecule has 1 spiro atoms. The minimum absolute atomic E-state index is 0.0938. The highest BCUT2D eigenvalue weighted by molar-refractivity contribution is 5.20. The highest BCUT2D eigenvalue weighted by atomic mass is 16.8. The first-order chi connectivity index (χ1) is 7.04. The molecular weight excluding hydrogens is 204 g/mol. The molecular formula is C13H22O3. The molecule has 3 aliphatic rings. The van der Waals surface area contributed by atoms with Gasteiger partial charge in [0.2, 0.25) is 0 Å². The molecule has 3 aliphatic heterocycles. The molecule has 0 radical (unpaired) electrons. The summed E-state index contributed by atoms with van der Waals surface area (Å²) in [6, 6.07) is 0. The minimum Gasteiger partial charge on any atom is -0.344 e. The van der Waals surface area contributed by atoms with Gasteiger partial charge in [0.05, 0.1) is 16.6 Å². The number of hydrogen-bond acceptors (Lipinski definition) is 3. The van der Waals surface area contributed by atoms with Crippen molar-refractivity contribution in [2.24, 2.45) is 5.41 Å². The second kappa shape index (κ2) is 2.36. The van der Waals surface area contributed by atoms with Gasteiger partial charge in [-0.2, -0.15) is 0 Å². The lowest BCUT2D eigenvalue weighted by Gasteiger charge is -2.64. The third-order valence-electron chi connectivity index (χ3n) is 4.72. The van der Waals surface area contributed by atoms with E-state index < -0.39 is 11.6 Å². The molecule has 3 unspecified atom stereocenters. The zero-order valence-electron chi connectivity index (χ0n) is 11.1. The Morgan fingerprint density at radius 2 is 1.38 bits per heavy atom. The molecule has 3 heteroatoms. The van der Waals surface area contributed by atoms with Gasteiger partial charge in [-0.25, -0.2) is 0 Å². The van der Waals surface area contributed by atoms with E-state index in [2.05, 4.69) is 34.6 Å². The van der Waals surface area contributed by atoms with E-state index in [1.165, 1.54) is 0 Å². The summed E-state index contributed by atoms with van der Waals surface area (Å²) in [6.07, 6.45) is 1.94. The van der Waals surface area contributed by atoms with E-state index in [1.807, 2.05) is 6.92 Å². The number of hydrogen-bond donors (Lipinski definition) is 0. The van der Waals surface area contributed by atoms with Gasteiger partial charge in [0, 0.05) is 6.42 Å². The van der Waals surface area contributed by atoms with E-state index in [9.17, 15) is 0 Å². The van der Waals surface area contributed by atoms with E-state index in [0.29, 0.717) is 0 Å². The van der Waals surface area contributed by atoms with Crippen LogP contribution in [0.3, 0.4) is 0 Å². The SMILES string of the molecule is CC1(C)CC23CC(C)(O1)OC2(C)OC3(C)C. The summed E-state index contributed by atoms with van der Waals surface area (Å²) in [7, 11) is 0. The highest BCUT2D eigenvalue weighted by Crippen LogP contribution is 2.72. The Kier molecular flexibility index (Phi) is 1.62. The molecule has 0 aromatic rings. The molecule has 16 heavy (non-hydrogen) atoms. The first-order valence-electron chi connectivity index (χ1n) is 6.14. The van der Waals surface area contributed by atoms with Crippen LogP contribution in [0.15, 0.2) is 0 Å². The fourth-order valence-electron chi connectivity index (χ4n) is 4.51. The summed E-state index contributed by atoms with van der Waals surface area (Å²) < 4.78 is 18.2. The van der Waals surface area contributed by atoms with Crippen LogP contribution in [-0.4, -0.2) is 22.8 Å². The molecule has 92 valence electrons. The normalized spacial score (nSPS) is 56.6. The van der Waals surface area contributed by atoms with E-state index in [4.69, 9.17) is 14.2 Å². The maximum absolute atomic E-state index is 6.08. The predicted molar refractivity (Wildman–Crippen MR) is 59.9 cm³/mol. The predicted octanol–water partition coefficient (Wildman–Crippen LogP) is 2.83. The fraction of sp³-hybridized carbons (Fsp3) is 1.00. The summed E-state index contributed by atoms with van der Waals surface area (Å²) in [6.45, 7) is 12.7. The quantitative estimate of drug-likeness (QED) is 0.635. The maximum atomic E-state index is 6.08. The lowest BCUT2D eigenvalue weighted by Crippen LogP contribution is -2.72. The Balaban J connectivity index is 2.10. The van der Waals surface area contributed by atoms with Gasteiger partial charge in [-0.1, -0.05) is 0 Å². The molecule has 0 amide bonds. The summed E-state index contributed by atoms with van der Waals surface area (Å²) in [5.41, 5.74) is -0.150. The summed E-state index contributed by atoms with van der Waals surface area (Å²) >= 11 is 0. The van der Waals surface area contributed by atoms with Gasteiger partial charge in [0.25, 0.3) is 0 Å². The topological polar surface area (TPSA) is 27.7 Å². The molecule has 2 bridgehead atoms. The Bertz CT molecular complexity index is 362. The lowest BCUT2D eigenvalue weighted by atomic mass is 9.56. The fourth-order valence-corrected chi connectivity index (χ4v) is 4.51. The van der Waals surface area contributed by atoms with Crippen molar-refractivity contribution in [1.29, 1.82) is 0 Å². The summed E-state index contributed by atoms with van der Waals surface area (Å²) in [5.74, 6) is -0.941. The molecule has 3 nitrogen and oxygen atoms in total. The summed E-state index contributed by atoms with van der Waals surface area (Å²) in [5, 5.41) is 0. The molecule has 0 aromatic carbocycles. The molecule has 3 fully saturated rings. The van der Waals surface area contributed by atoms with Crippen LogP contribution in [0.5, 0.6) is 0 Å². The van der Waals surface area contributed by atoms with E-state index >= 15 is 0 Å². The number of fused-ring (bicyclic) bond motifs is 1. The summed E-state index contributed by atoms with van der Waals surface area (Å²) in [4.78, 5) is 0. The second-order valence-electron chi connectivity index (χ2n) is 7.09. The van der Waals surface area contributed by atoms with Crippen molar-refractivity contribution in [3.63, 3.8) is 0 Å². The van der Waals surface area contributed by atoms with Gasteiger partial charge in [-0.05, 0) is 48.0 Å². The van der Waals surface area contributed by atoms with Gasteiger partial charge < -0.3 is 14.2 Å². The second-order valence-corrected chi connectivity index (χ2v) is 7.09. The van der Waals surface area contributed by atoms with E-state index in [-0.39, 0.29) is 16.6 Å². The molecule has 0 aliphatic carbocycles. The third kappa shape index (κ3) is 1.00. The van der Waals surface area contributed by atoms with Gasteiger partial charge in [0.1, 0.15) is 0 Å². The van der Waals surface area contributed by atoms with E-state index in [1.54, 1.807) is 0 Å². The smallest absolute Gasteiger partial charge is 0.178 e. The van der Waals surface area contributed by atoms with Crippen molar-refractivity contribution < 1.29 is 14.2 Å². The molecule has 0 aromatic heterocycles. The van der Waals surface area contributed by atoms with Gasteiger partial charge in [-0.15, -0.1) is 0 Å². The standard InChI is InChI=1S/C13H22O3/c1-9(2)7-13-8-11(5,14-9)16-12(13,6)15-10(13,3)4/h7-8H2,1-6H3. The largest absolute Gasteiger partial charge is 0.344 e. The first-order valence-corrected chi connectivity index (χ1v) is 6.14. The molecule has 3 atom stereocenters. The van der Waals surface area contributed by atoms with Crippen LogP contribution in [0.25, 0.3) is 0 Å². The average molecular weight is 226 g/mol. The Morgan fingerprint density at radius 1 is 0.750 bits per heavy atom. The zero-order chi connectivity index (χ0) is 12.0. The number of rotatable bonds is 0. The maximum Gasteiger partial charge on any atom is 0.178 e. The highest BCUT2D eigenvalue weighted by Gasteiger charge is 2.80. The Morgan fingerprint density at radius 3 is 1.94 bits per heavy atom. The van der Waals surface area contributed by atoms with Gasteiger partial charge in [-0.3, -0.25) is 0 Å². The molecule has 0 saturated carbocycles. The van der Waals surface area contributed by atoms with Crippen LogP contribution in [0.2, 0.25) is 0 Å².